The van der Waals surface area contributed by atoms with Crippen LogP contribution in [0.3, 0.4) is 0 Å². The summed E-state index contributed by atoms with van der Waals surface area (Å²) < 4.78 is 5.54. The first-order valence-corrected chi connectivity index (χ1v) is 6.26. The van der Waals surface area contributed by atoms with E-state index in [4.69, 9.17) is 16.3 Å². The van der Waals surface area contributed by atoms with E-state index in [1.807, 2.05) is 20.0 Å². The summed E-state index contributed by atoms with van der Waals surface area (Å²) in [5.41, 5.74) is 0.942. The average Bonchev–Trinajstić information content (AvgIpc) is 2.37. The third kappa shape index (κ3) is 4.20. The van der Waals surface area contributed by atoms with E-state index in [2.05, 4.69) is 5.32 Å². The fourth-order valence-corrected chi connectivity index (χ4v) is 1.64. The summed E-state index contributed by atoms with van der Waals surface area (Å²) in [5.74, 6) is 0.648. The highest BCUT2D eigenvalue weighted by molar-refractivity contribution is 6.30. The fraction of sp³-hybridized carbons (Fsp3) is 0.462. The number of likely N-dealkylation sites (N-methyl/N-ethyl adjacent to an activating group) is 1. The molecule has 0 aromatic heterocycles. The van der Waals surface area contributed by atoms with Gasteiger partial charge in [0, 0.05) is 30.7 Å². The van der Waals surface area contributed by atoms with Crippen LogP contribution in [0.25, 0.3) is 0 Å². The molecule has 0 atom stereocenters. The zero-order chi connectivity index (χ0) is 13.5. The highest BCUT2D eigenvalue weighted by Gasteiger charge is 2.10. The Labute approximate surface area is 113 Å². The number of nitrogens with zero attached hydrogens (tertiary/aromatic N) is 1. The first kappa shape index (κ1) is 14.8. The van der Waals surface area contributed by atoms with Gasteiger partial charge in [-0.25, -0.2) is 0 Å². The second kappa shape index (κ2) is 7.24. The van der Waals surface area contributed by atoms with E-state index >= 15 is 0 Å². The minimum absolute atomic E-state index is 0.0390. The summed E-state index contributed by atoms with van der Waals surface area (Å²) in [6, 6.07) is 5.37. The molecule has 18 heavy (non-hydrogen) atoms. The molecule has 0 bridgehead atoms. The standard InChI is InChI=1S/C13H19ClN2O2/c1-4-16(3)13(17)9-18-12-6-5-11(14)7-10(12)8-15-2/h5-7,15H,4,8-9H2,1-3H3. The number of hydrogen-bond donors (Lipinski definition) is 1. The van der Waals surface area contributed by atoms with E-state index in [-0.39, 0.29) is 12.5 Å². The maximum absolute atomic E-state index is 11.6. The molecule has 0 heterocycles. The second-order valence-electron chi connectivity index (χ2n) is 3.98. The number of halogens is 1. The number of amides is 1. The molecular weight excluding hydrogens is 252 g/mol. The van der Waals surface area contributed by atoms with Crippen molar-refractivity contribution in [3.63, 3.8) is 0 Å². The first-order chi connectivity index (χ1) is 8.58. The predicted molar refractivity (Wildman–Crippen MR) is 73.0 cm³/mol. The number of carbonyl (C=O) groups excluding carboxylic acids is 1. The molecule has 1 amide bonds. The molecule has 0 fully saturated rings. The Morgan fingerprint density at radius 3 is 2.83 bits per heavy atom. The van der Waals surface area contributed by atoms with E-state index in [0.29, 0.717) is 23.9 Å². The molecule has 0 aliphatic heterocycles. The zero-order valence-corrected chi connectivity index (χ0v) is 11.8. The number of nitrogens with one attached hydrogen (secondary N) is 1. The minimum Gasteiger partial charge on any atom is -0.483 e. The summed E-state index contributed by atoms with van der Waals surface area (Å²) in [6.07, 6.45) is 0. The van der Waals surface area contributed by atoms with E-state index in [1.165, 1.54) is 0 Å². The molecule has 0 saturated carbocycles. The van der Waals surface area contributed by atoms with Gasteiger partial charge in [-0.3, -0.25) is 4.79 Å². The Hall–Kier alpha value is -1.26. The highest BCUT2D eigenvalue weighted by atomic mass is 35.5. The van der Waals surface area contributed by atoms with E-state index in [9.17, 15) is 4.79 Å². The Kier molecular flexibility index (Phi) is 5.95. The Balaban J connectivity index is 2.69. The van der Waals surface area contributed by atoms with E-state index < -0.39 is 0 Å². The molecule has 0 aliphatic rings. The van der Waals surface area contributed by atoms with Gasteiger partial charge < -0.3 is 15.0 Å². The molecule has 0 radical (unpaired) electrons. The lowest BCUT2D eigenvalue weighted by atomic mass is 10.2. The topological polar surface area (TPSA) is 41.6 Å². The summed E-state index contributed by atoms with van der Waals surface area (Å²) in [5, 5.41) is 3.70. The molecule has 1 rings (SSSR count). The van der Waals surface area contributed by atoms with E-state index in [0.717, 1.165) is 5.56 Å². The van der Waals surface area contributed by atoms with Crippen LogP contribution >= 0.6 is 11.6 Å². The maximum atomic E-state index is 11.6. The average molecular weight is 271 g/mol. The van der Waals surface area contributed by atoms with Crippen LogP contribution in [0.2, 0.25) is 5.02 Å². The largest absolute Gasteiger partial charge is 0.483 e. The molecule has 0 saturated heterocycles. The second-order valence-corrected chi connectivity index (χ2v) is 4.42. The van der Waals surface area contributed by atoms with Gasteiger partial charge in [-0.1, -0.05) is 11.6 Å². The lowest BCUT2D eigenvalue weighted by Gasteiger charge is -2.16. The number of rotatable bonds is 6. The van der Waals surface area contributed by atoms with Crippen molar-refractivity contribution in [3.05, 3.63) is 28.8 Å². The summed E-state index contributed by atoms with van der Waals surface area (Å²) in [6.45, 7) is 3.29. The van der Waals surface area contributed by atoms with Crippen molar-refractivity contribution in [2.24, 2.45) is 0 Å². The van der Waals surface area contributed by atoms with Crippen LogP contribution in [0.1, 0.15) is 12.5 Å². The summed E-state index contributed by atoms with van der Waals surface area (Å²) >= 11 is 5.93. The van der Waals surface area contributed by atoms with Crippen LogP contribution in [-0.2, 0) is 11.3 Å². The third-order valence-electron chi connectivity index (χ3n) is 2.64. The van der Waals surface area contributed by atoms with Crippen LogP contribution in [0.15, 0.2) is 18.2 Å². The van der Waals surface area contributed by atoms with Crippen molar-refractivity contribution in [1.29, 1.82) is 0 Å². The normalized spacial score (nSPS) is 10.2. The lowest BCUT2D eigenvalue weighted by molar-refractivity contribution is -0.131. The van der Waals surface area contributed by atoms with Crippen molar-refractivity contribution >= 4 is 17.5 Å². The third-order valence-corrected chi connectivity index (χ3v) is 2.88. The van der Waals surface area contributed by atoms with Gasteiger partial charge in [0.25, 0.3) is 5.91 Å². The fourth-order valence-electron chi connectivity index (χ4n) is 1.44. The molecule has 0 aliphatic carbocycles. The SMILES string of the molecule is CCN(C)C(=O)COc1ccc(Cl)cc1CNC. The van der Waals surface area contributed by atoms with Crippen LogP contribution in [0, 0.1) is 0 Å². The molecule has 4 nitrogen and oxygen atoms in total. The van der Waals surface area contributed by atoms with Crippen LogP contribution in [0.5, 0.6) is 5.75 Å². The molecule has 1 aromatic rings. The van der Waals surface area contributed by atoms with Gasteiger partial charge in [-0.2, -0.15) is 0 Å². The van der Waals surface area contributed by atoms with Gasteiger partial charge >= 0.3 is 0 Å². The summed E-state index contributed by atoms with van der Waals surface area (Å²) in [7, 11) is 3.60. The molecule has 5 heteroatoms. The van der Waals surface area contributed by atoms with Crippen molar-refractivity contribution in [3.8, 4) is 5.75 Å². The van der Waals surface area contributed by atoms with E-state index in [1.54, 1.807) is 24.1 Å². The van der Waals surface area contributed by atoms with Crippen LogP contribution < -0.4 is 10.1 Å². The predicted octanol–water partition coefficient (Wildman–Crippen LogP) is 1.92. The Morgan fingerprint density at radius 2 is 2.22 bits per heavy atom. The highest BCUT2D eigenvalue weighted by Crippen LogP contribution is 2.22. The molecule has 0 spiro atoms. The van der Waals surface area contributed by atoms with Crippen molar-refractivity contribution in [2.45, 2.75) is 13.5 Å². The number of benzene rings is 1. The molecule has 100 valence electrons. The summed E-state index contributed by atoms with van der Waals surface area (Å²) in [4.78, 5) is 13.3. The Morgan fingerprint density at radius 1 is 1.50 bits per heavy atom. The van der Waals surface area contributed by atoms with Gasteiger partial charge in [0.1, 0.15) is 5.75 Å². The quantitative estimate of drug-likeness (QED) is 0.859. The van der Waals surface area contributed by atoms with Gasteiger partial charge in [0.15, 0.2) is 6.61 Å². The molecule has 1 aromatic carbocycles. The number of ether oxygens (including phenoxy) is 1. The van der Waals surface area contributed by atoms with Crippen LogP contribution in [0.4, 0.5) is 0 Å². The molecule has 1 N–H and O–H groups in total. The number of carbonyl (C=O) groups is 1. The maximum Gasteiger partial charge on any atom is 0.260 e. The Bertz CT molecular complexity index is 410. The van der Waals surface area contributed by atoms with Gasteiger partial charge in [0.2, 0.25) is 0 Å². The minimum atomic E-state index is -0.0390. The molecular formula is C13H19ClN2O2. The van der Waals surface area contributed by atoms with Crippen molar-refractivity contribution in [1.82, 2.24) is 10.2 Å². The van der Waals surface area contributed by atoms with Crippen molar-refractivity contribution in [2.75, 3.05) is 27.2 Å². The monoisotopic (exact) mass is 270 g/mol. The van der Waals surface area contributed by atoms with Gasteiger partial charge in [-0.15, -0.1) is 0 Å². The van der Waals surface area contributed by atoms with Crippen molar-refractivity contribution < 1.29 is 9.53 Å². The molecule has 0 unspecified atom stereocenters. The van der Waals surface area contributed by atoms with Gasteiger partial charge in [0.05, 0.1) is 0 Å². The first-order valence-electron chi connectivity index (χ1n) is 5.88. The smallest absolute Gasteiger partial charge is 0.260 e. The number of hydrogen-bond acceptors (Lipinski definition) is 3. The lowest BCUT2D eigenvalue weighted by Crippen LogP contribution is -2.31. The van der Waals surface area contributed by atoms with Gasteiger partial charge in [-0.05, 0) is 32.2 Å². The zero-order valence-electron chi connectivity index (χ0n) is 11.0. The van der Waals surface area contributed by atoms with Crippen LogP contribution in [-0.4, -0.2) is 38.1 Å².